The van der Waals surface area contributed by atoms with Gasteiger partial charge in [0.1, 0.15) is 0 Å². The molecular formula is C12H19N3O4. The zero-order chi connectivity index (χ0) is 13.7. The summed E-state index contributed by atoms with van der Waals surface area (Å²) in [6.45, 7) is 4.52. The van der Waals surface area contributed by atoms with Crippen molar-refractivity contribution in [2.75, 3.05) is 19.7 Å². The molecule has 1 saturated heterocycles. The van der Waals surface area contributed by atoms with Crippen LogP contribution in [0.2, 0.25) is 0 Å². The second-order valence-electron chi connectivity index (χ2n) is 4.68. The molecule has 0 radical (unpaired) electrons. The van der Waals surface area contributed by atoms with Crippen molar-refractivity contribution < 1.29 is 19.2 Å². The fraction of sp³-hybridized carbons (Fsp3) is 0.750. The van der Waals surface area contributed by atoms with Crippen molar-refractivity contribution in [1.29, 1.82) is 0 Å². The average Bonchev–Trinajstić information content (AvgIpc) is 2.76. The third-order valence-corrected chi connectivity index (χ3v) is 2.96. The minimum absolute atomic E-state index is 0.0316. The van der Waals surface area contributed by atoms with Crippen LogP contribution in [0.5, 0.6) is 0 Å². The Morgan fingerprint density at radius 1 is 1.58 bits per heavy atom. The van der Waals surface area contributed by atoms with Gasteiger partial charge in [0.15, 0.2) is 5.82 Å². The molecule has 7 heteroatoms. The van der Waals surface area contributed by atoms with Crippen molar-refractivity contribution >= 4 is 5.97 Å². The van der Waals surface area contributed by atoms with Gasteiger partial charge < -0.3 is 14.4 Å². The van der Waals surface area contributed by atoms with E-state index in [1.54, 1.807) is 0 Å². The Labute approximate surface area is 111 Å². The number of ether oxygens (including phenoxy) is 1. The van der Waals surface area contributed by atoms with E-state index in [4.69, 9.17) is 14.4 Å². The maximum atomic E-state index is 10.7. The van der Waals surface area contributed by atoms with Crippen LogP contribution in [0, 0.1) is 0 Å². The first-order chi connectivity index (χ1) is 9.17. The predicted octanol–water partition coefficient (Wildman–Crippen LogP) is 0.698. The van der Waals surface area contributed by atoms with E-state index in [1.807, 2.05) is 0 Å². The molecule has 7 nitrogen and oxygen atoms in total. The van der Waals surface area contributed by atoms with Crippen LogP contribution >= 0.6 is 0 Å². The van der Waals surface area contributed by atoms with E-state index >= 15 is 0 Å². The van der Waals surface area contributed by atoms with E-state index in [-0.39, 0.29) is 12.5 Å². The fourth-order valence-corrected chi connectivity index (χ4v) is 2.11. The van der Waals surface area contributed by atoms with Crippen LogP contribution in [0.1, 0.15) is 31.5 Å². The first-order valence-electron chi connectivity index (χ1n) is 6.54. The maximum absolute atomic E-state index is 10.7. The van der Waals surface area contributed by atoms with E-state index < -0.39 is 5.97 Å². The Balaban J connectivity index is 1.85. The summed E-state index contributed by atoms with van der Waals surface area (Å²) in [5.41, 5.74) is 0. The Morgan fingerprint density at radius 3 is 3.16 bits per heavy atom. The van der Waals surface area contributed by atoms with Gasteiger partial charge in [0.25, 0.3) is 0 Å². The van der Waals surface area contributed by atoms with Crippen molar-refractivity contribution in [3.05, 3.63) is 11.7 Å². The van der Waals surface area contributed by atoms with Crippen molar-refractivity contribution in [2.45, 2.75) is 38.8 Å². The minimum Gasteiger partial charge on any atom is -0.481 e. The number of hydrogen-bond donors (Lipinski definition) is 1. The molecule has 1 aromatic rings. The maximum Gasteiger partial charge on any atom is 0.306 e. The van der Waals surface area contributed by atoms with Gasteiger partial charge in [0, 0.05) is 19.5 Å². The van der Waals surface area contributed by atoms with Crippen LogP contribution in [-0.4, -0.2) is 51.9 Å². The smallest absolute Gasteiger partial charge is 0.306 e. The molecular weight excluding hydrogens is 250 g/mol. The molecule has 1 aliphatic heterocycles. The molecule has 1 unspecified atom stereocenters. The summed E-state index contributed by atoms with van der Waals surface area (Å²) in [4.78, 5) is 17.1. The van der Waals surface area contributed by atoms with Crippen LogP contribution in [0.15, 0.2) is 4.52 Å². The number of aromatic nitrogens is 2. The van der Waals surface area contributed by atoms with E-state index in [9.17, 15) is 4.79 Å². The lowest BCUT2D eigenvalue weighted by molar-refractivity contribution is -0.142. The molecule has 0 spiro atoms. The molecule has 2 rings (SSSR count). The normalized spacial score (nSPS) is 20.6. The molecule has 19 heavy (non-hydrogen) atoms. The van der Waals surface area contributed by atoms with Gasteiger partial charge in [-0.25, -0.2) is 0 Å². The molecule has 2 heterocycles. The molecule has 0 saturated carbocycles. The number of aryl methyl sites for hydroxylation is 1. The third kappa shape index (κ3) is 4.29. The summed E-state index contributed by atoms with van der Waals surface area (Å²) in [6, 6.07) is 0. The van der Waals surface area contributed by atoms with Crippen LogP contribution < -0.4 is 0 Å². The quantitative estimate of drug-likeness (QED) is 0.813. The monoisotopic (exact) mass is 269 g/mol. The van der Waals surface area contributed by atoms with Gasteiger partial charge in [0.2, 0.25) is 5.89 Å². The van der Waals surface area contributed by atoms with Gasteiger partial charge in [-0.3, -0.25) is 9.69 Å². The van der Waals surface area contributed by atoms with Gasteiger partial charge in [-0.15, -0.1) is 0 Å². The largest absolute Gasteiger partial charge is 0.481 e. The fourth-order valence-electron chi connectivity index (χ4n) is 2.11. The third-order valence-electron chi connectivity index (χ3n) is 2.96. The lowest BCUT2D eigenvalue weighted by Crippen LogP contribution is -2.42. The number of rotatable bonds is 6. The first kappa shape index (κ1) is 14.0. The summed E-state index contributed by atoms with van der Waals surface area (Å²) < 4.78 is 10.5. The summed E-state index contributed by atoms with van der Waals surface area (Å²) in [6.07, 6.45) is 1.54. The van der Waals surface area contributed by atoms with E-state index in [2.05, 4.69) is 22.0 Å². The predicted molar refractivity (Wildman–Crippen MR) is 65.6 cm³/mol. The minimum atomic E-state index is -0.836. The molecule has 1 fully saturated rings. The van der Waals surface area contributed by atoms with E-state index in [0.717, 1.165) is 19.4 Å². The molecule has 1 aromatic heterocycles. The van der Waals surface area contributed by atoms with Gasteiger partial charge in [-0.2, -0.15) is 4.98 Å². The highest BCUT2D eigenvalue weighted by molar-refractivity contribution is 5.67. The topological polar surface area (TPSA) is 88.7 Å². The standard InChI is InChI=1S/C12H19N3O4/c1-2-3-11-13-10(14-19-11)8-15-4-5-18-9(7-15)6-12(16)17/h9H,2-8H2,1H3,(H,16,17). The summed E-state index contributed by atoms with van der Waals surface area (Å²) in [5, 5.41) is 12.7. The van der Waals surface area contributed by atoms with Crippen molar-refractivity contribution in [3.8, 4) is 0 Å². The average molecular weight is 269 g/mol. The highest BCUT2D eigenvalue weighted by atomic mass is 16.5. The van der Waals surface area contributed by atoms with Crippen molar-refractivity contribution in [3.63, 3.8) is 0 Å². The van der Waals surface area contributed by atoms with Gasteiger partial charge in [-0.1, -0.05) is 12.1 Å². The van der Waals surface area contributed by atoms with Gasteiger partial charge in [0.05, 0.1) is 25.7 Å². The molecule has 0 amide bonds. The molecule has 1 aliphatic rings. The first-order valence-corrected chi connectivity index (χ1v) is 6.54. The lowest BCUT2D eigenvalue weighted by Gasteiger charge is -2.31. The molecule has 106 valence electrons. The SMILES string of the molecule is CCCc1nc(CN2CCOC(CC(=O)O)C2)no1. The molecule has 0 aromatic carbocycles. The van der Waals surface area contributed by atoms with E-state index in [0.29, 0.717) is 31.4 Å². The van der Waals surface area contributed by atoms with Crippen LogP contribution in [0.3, 0.4) is 0 Å². The summed E-state index contributed by atoms with van der Waals surface area (Å²) in [5.74, 6) is 0.476. The highest BCUT2D eigenvalue weighted by Gasteiger charge is 2.23. The summed E-state index contributed by atoms with van der Waals surface area (Å²) in [7, 11) is 0. The second kappa shape index (κ2) is 6.63. The van der Waals surface area contributed by atoms with Crippen molar-refractivity contribution in [2.24, 2.45) is 0 Å². The number of hydrogen-bond acceptors (Lipinski definition) is 6. The Bertz CT molecular complexity index is 421. The van der Waals surface area contributed by atoms with Crippen LogP contribution in [0.25, 0.3) is 0 Å². The Morgan fingerprint density at radius 2 is 2.42 bits per heavy atom. The highest BCUT2D eigenvalue weighted by Crippen LogP contribution is 2.11. The zero-order valence-corrected chi connectivity index (χ0v) is 11.0. The second-order valence-corrected chi connectivity index (χ2v) is 4.68. The van der Waals surface area contributed by atoms with Crippen molar-refractivity contribution in [1.82, 2.24) is 15.0 Å². The van der Waals surface area contributed by atoms with Gasteiger partial charge >= 0.3 is 5.97 Å². The lowest BCUT2D eigenvalue weighted by atomic mass is 10.2. The molecule has 0 aliphatic carbocycles. The number of aliphatic carboxylic acids is 1. The number of nitrogens with zero attached hydrogens (tertiary/aromatic N) is 3. The Hall–Kier alpha value is -1.47. The number of carbonyl (C=O) groups is 1. The molecule has 1 N–H and O–H groups in total. The zero-order valence-electron chi connectivity index (χ0n) is 11.0. The molecule has 0 bridgehead atoms. The van der Waals surface area contributed by atoms with Crippen LogP contribution in [-0.2, 0) is 22.5 Å². The number of carboxylic acid groups (broad SMARTS) is 1. The number of carboxylic acids is 1. The van der Waals surface area contributed by atoms with Crippen LogP contribution in [0.4, 0.5) is 0 Å². The van der Waals surface area contributed by atoms with E-state index in [1.165, 1.54) is 0 Å². The molecule has 1 atom stereocenters. The van der Waals surface area contributed by atoms with Gasteiger partial charge in [-0.05, 0) is 6.42 Å². The number of morpholine rings is 1. The summed E-state index contributed by atoms with van der Waals surface area (Å²) >= 11 is 0. The Kier molecular flexibility index (Phi) is 4.86.